The van der Waals surface area contributed by atoms with E-state index >= 15 is 0 Å². The van der Waals surface area contributed by atoms with Gasteiger partial charge in [-0.15, -0.1) is 0 Å². The highest BCUT2D eigenvalue weighted by Gasteiger charge is 2.70. The number of nitrogens with zero attached hydrogens (tertiary/aromatic N) is 1. The Bertz CT molecular complexity index is 700. The van der Waals surface area contributed by atoms with E-state index in [1.165, 1.54) is 0 Å². The molecule has 3 atom stereocenters. The lowest BCUT2D eigenvalue weighted by Crippen LogP contribution is -2.58. The van der Waals surface area contributed by atoms with E-state index in [1.54, 1.807) is 0 Å². The molecule has 0 aromatic rings. The monoisotopic (exact) mass is 363 g/mol. The Labute approximate surface area is 137 Å². The van der Waals surface area contributed by atoms with Crippen LogP contribution in [-0.4, -0.2) is 70.1 Å². The van der Waals surface area contributed by atoms with Gasteiger partial charge in [0.2, 0.25) is 5.91 Å². The van der Waals surface area contributed by atoms with E-state index in [0.29, 0.717) is 0 Å². The van der Waals surface area contributed by atoms with Crippen molar-refractivity contribution in [1.82, 2.24) is 4.90 Å². The summed E-state index contributed by atoms with van der Waals surface area (Å²) in [5.41, 5.74) is 0. The van der Waals surface area contributed by atoms with Gasteiger partial charge in [0.15, 0.2) is 15.9 Å². The Morgan fingerprint density at radius 1 is 1.29 bits per heavy atom. The first-order valence-electron chi connectivity index (χ1n) is 7.17. The summed E-state index contributed by atoms with van der Waals surface area (Å²) in [6.07, 6.45) is -0.736. The second-order valence-electron chi connectivity index (χ2n) is 5.97. The molecule has 0 spiro atoms. The molecule has 134 valence electrons. The van der Waals surface area contributed by atoms with Gasteiger partial charge in [-0.1, -0.05) is 0 Å². The van der Waals surface area contributed by atoms with Gasteiger partial charge in [-0.05, 0) is 13.3 Å². The van der Waals surface area contributed by atoms with Crippen molar-refractivity contribution in [3.8, 4) is 0 Å². The quantitative estimate of drug-likeness (QED) is 0.427. The highest BCUT2D eigenvalue weighted by Crippen LogP contribution is 2.46. The summed E-state index contributed by atoms with van der Waals surface area (Å²) in [6.45, 7) is 0.426. The summed E-state index contributed by atoms with van der Waals surface area (Å²) in [6, 6.07) is -1.62. The summed E-state index contributed by atoms with van der Waals surface area (Å²) >= 11 is 0. The van der Waals surface area contributed by atoms with E-state index in [-0.39, 0.29) is 25.7 Å². The maximum atomic E-state index is 12.5. The minimum atomic E-state index is -4.03. The first-order chi connectivity index (χ1) is 11.0. The zero-order chi connectivity index (χ0) is 18.3. The van der Waals surface area contributed by atoms with Gasteiger partial charge < -0.3 is 19.8 Å². The van der Waals surface area contributed by atoms with Crippen molar-refractivity contribution >= 4 is 33.7 Å². The highest BCUT2D eigenvalue weighted by atomic mass is 32.2. The zero-order valence-electron chi connectivity index (χ0n) is 12.8. The second-order valence-corrected chi connectivity index (χ2v) is 8.53. The lowest BCUT2D eigenvalue weighted by Gasteiger charge is -2.35. The smallest absolute Gasteiger partial charge is 0.328 e. The van der Waals surface area contributed by atoms with Crippen LogP contribution in [0.2, 0.25) is 0 Å². The molecule has 0 saturated carbocycles. The molecular formula is C13H17NO9S. The highest BCUT2D eigenvalue weighted by molar-refractivity contribution is 7.94. The number of β-lactam (4-membered cyclic amide) rings is 1. The van der Waals surface area contributed by atoms with Crippen molar-refractivity contribution in [1.29, 1.82) is 0 Å². The number of hydrogen-bond donors (Lipinski definition) is 2. The minimum Gasteiger partial charge on any atom is -0.481 e. The van der Waals surface area contributed by atoms with Crippen molar-refractivity contribution in [2.45, 2.75) is 48.8 Å². The molecule has 0 radical (unpaired) electrons. The molecule has 2 N–H and O–H groups in total. The van der Waals surface area contributed by atoms with Gasteiger partial charge in [0.1, 0.15) is 16.7 Å². The van der Waals surface area contributed by atoms with Crippen LogP contribution in [0.25, 0.3) is 0 Å². The molecular weight excluding hydrogens is 346 g/mol. The van der Waals surface area contributed by atoms with Gasteiger partial charge in [-0.3, -0.25) is 14.4 Å². The maximum Gasteiger partial charge on any atom is 0.328 e. The number of carbonyl (C=O) groups is 4. The van der Waals surface area contributed by atoms with Crippen molar-refractivity contribution in [3.05, 3.63) is 0 Å². The first kappa shape index (κ1) is 18.2. The van der Waals surface area contributed by atoms with Gasteiger partial charge in [-0.25, -0.2) is 13.2 Å². The third kappa shape index (κ3) is 2.72. The van der Waals surface area contributed by atoms with Crippen LogP contribution in [0, 0.1) is 0 Å². The summed E-state index contributed by atoms with van der Waals surface area (Å²) in [5.74, 6) is -3.97. The van der Waals surface area contributed by atoms with Crippen LogP contribution in [-0.2, 0) is 33.8 Å². The molecule has 1 amide bonds. The van der Waals surface area contributed by atoms with Crippen molar-refractivity contribution in [2.24, 2.45) is 0 Å². The van der Waals surface area contributed by atoms with Crippen molar-refractivity contribution < 1.29 is 42.5 Å². The third-order valence-electron chi connectivity index (χ3n) is 4.34. The molecule has 0 bridgehead atoms. The number of ether oxygens (including phenoxy) is 1. The largest absolute Gasteiger partial charge is 0.481 e. The van der Waals surface area contributed by atoms with Gasteiger partial charge in [0.25, 0.3) is 0 Å². The van der Waals surface area contributed by atoms with E-state index in [1.807, 2.05) is 0 Å². The van der Waals surface area contributed by atoms with Gasteiger partial charge in [-0.2, -0.15) is 0 Å². The van der Waals surface area contributed by atoms with E-state index < -0.39 is 56.4 Å². The number of aliphatic carboxylic acids is 2. The van der Waals surface area contributed by atoms with Gasteiger partial charge in [0, 0.05) is 12.8 Å². The fraction of sp³-hybridized carbons (Fsp3) is 0.692. The van der Waals surface area contributed by atoms with Crippen LogP contribution < -0.4 is 0 Å². The predicted octanol–water partition coefficient (Wildman–Crippen LogP) is -1.02. The van der Waals surface area contributed by atoms with Crippen LogP contribution in [0.3, 0.4) is 0 Å². The standard InChI is InChI=1S/C13H17NO9S/c1-13(6-23-10(18)4-2-3-9(16)17)11(12(19)20)14-7(15)5-8(14)24(13,21)22/h8,11H,2-6H2,1H3,(H,16,17)(H,19,20)/t8?,11-,13-/m0/s1. The molecule has 10 nitrogen and oxygen atoms in total. The fourth-order valence-corrected chi connectivity index (χ4v) is 5.22. The molecule has 2 saturated heterocycles. The average Bonchev–Trinajstić information content (AvgIpc) is 2.59. The number of esters is 1. The number of rotatable bonds is 7. The normalized spacial score (nSPS) is 30.4. The molecule has 1 unspecified atom stereocenters. The van der Waals surface area contributed by atoms with Crippen LogP contribution >= 0.6 is 0 Å². The SMILES string of the molecule is C[C@]1(COC(=O)CCCC(=O)O)[C@H](C(=O)O)N2C(=O)CC2S1(=O)=O. The van der Waals surface area contributed by atoms with Crippen LogP contribution in [0.1, 0.15) is 32.6 Å². The topological polar surface area (TPSA) is 155 Å². The Hall–Kier alpha value is -2.17. The molecule has 2 aliphatic heterocycles. The maximum absolute atomic E-state index is 12.5. The van der Waals surface area contributed by atoms with Crippen molar-refractivity contribution in [2.75, 3.05) is 6.61 Å². The number of fused-ring (bicyclic) bond motifs is 1. The number of sulfone groups is 1. The molecule has 0 aromatic heterocycles. The lowest BCUT2D eigenvalue weighted by atomic mass is 9.97. The van der Waals surface area contributed by atoms with E-state index in [9.17, 15) is 32.7 Å². The Morgan fingerprint density at radius 3 is 2.42 bits per heavy atom. The van der Waals surface area contributed by atoms with E-state index in [4.69, 9.17) is 9.84 Å². The summed E-state index contributed by atoms with van der Waals surface area (Å²) in [7, 11) is -4.03. The Kier molecular flexibility index (Phi) is 4.57. The van der Waals surface area contributed by atoms with Crippen LogP contribution in [0.15, 0.2) is 0 Å². The zero-order valence-corrected chi connectivity index (χ0v) is 13.6. The van der Waals surface area contributed by atoms with Crippen molar-refractivity contribution in [3.63, 3.8) is 0 Å². The number of hydrogen-bond acceptors (Lipinski definition) is 7. The Balaban J connectivity index is 2.11. The second kappa shape index (κ2) is 6.04. The number of amides is 1. The minimum absolute atomic E-state index is 0.0211. The summed E-state index contributed by atoms with van der Waals surface area (Å²) in [4.78, 5) is 45.8. The third-order valence-corrected chi connectivity index (χ3v) is 7.09. The van der Waals surface area contributed by atoms with E-state index in [2.05, 4.69) is 0 Å². The molecule has 0 aromatic carbocycles. The first-order valence-corrected chi connectivity index (χ1v) is 8.72. The average molecular weight is 363 g/mol. The van der Waals surface area contributed by atoms with E-state index in [0.717, 1.165) is 11.8 Å². The number of carbonyl (C=O) groups excluding carboxylic acids is 2. The molecule has 2 heterocycles. The lowest BCUT2D eigenvalue weighted by molar-refractivity contribution is -0.159. The number of carboxylic acids is 2. The predicted molar refractivity (Wildman–Crippen MR) is 76.4 cm³/mol. The molecule has 2 rings (SSSR count). The van der Waals surface area contributed by atoms with Gasteiger partial charge >= 0.3 is 17.9 Å². The number of carboxylic acid groups (broad SMARTS) is 2. The molecule has 0 aliphatic carbocycles. The molecule has 2 fully saturated rings. The molecule has 2 aliphatic rings. The van der Waals surface area contributed by atoms with Gasteiger partial charge in [0.05, 0.1) is 6.42 Å². The fourth-order valence-electron chi connectivity index (χ4n) is 2.95. The molecule has 11 heteroatoms. The van der Waals surface area contributed by atoms with Crippen LogP contribution in [0.4, 0.5) is 0 Å². The summed E-state index contributed by atoms with van der Waals surface area (Å²) < 4.78 is 28.0. The Morgan fingerprint density at radius 2 is 1.92 bits per heavy atom. The van der Waals surface area contributed by atoms with Crippen LogP contribution in [0.5, 0.6) is 0 Å². The molecule has 24 heavy (non-hydrogen) atoms. The summed E-state index contributed by atoms with van der Waals surface area (Å²) in [5, 5.41) is 16.6.